The van der Waals surface area contributed by atoms with E-state index in [1.807, 2.05) is 0 Å². The lowest BCUT2D eigenvalue weighted by Gasteiger charge is -2.04. The zero-order valence-electron chi connectivity index (χ0n) is 6.97. The van der Waals surface area contributed by atoms with E-state index < -0.39 is 6.03 Å². The lowest BCUT2D eigenvalue weighted by molar-refractivity contribution is 0.248. The third-order valence-electron chi connectivity index (χ3n) is 1.49. The summed E-state index contributed by atoms with van der Waals surface area (Å²) in [5.41, 5.74) is 4.86. The Labute approximate surface area is 74.6 Å². The third kappa shape index (κ3) is 2.71. The number of nitrogens with one attached hydrogen (secondary N) is 1. The van der Waals surface area contributed by atoms with E-state index in [4.69, 9.17) is 10.8 Å². The summed E-state index contributed by atoms with van der Waals surface area (Å²) in [5.74, 6) is 0.464. The Morgan fingerprint density at radius 1 is 1.77 bits per heavy atom. The van der Waals surface area contributed by atoms with Gasteiger partial charge in [0.1, 0.15) is 12.9 Å². The molecule has 0 aliphatic rings. The highest BCUT2D eigenvalue weighted by molar-refractivity contribution is 5.71. The maximum atomic E-state index is 10.3. The molecule has 0 atom stereocenters. The fraction of sp³-hybridized carbons (Fsp3) is 0.500. The van der Waals surface area contributed by atoms with E-state index >= 15 is 0 Å². The molecule has 0 aliphatic carbocycles. The van der Waals surface area contributed by atoms with Crippen LogP contribution < -0.4 is 11.1 Å². The van der Waals surface area contributed by atoms with Gasteiger partial charge in [-0.1, -0.05) is 0 Å². The molecule has 0 fully saturated rings. The first-order chi connectivity index (χ1) is 6.24. The molecule has 1 heterocycles. The van der Waals surface area contributed by atoms with Gasteiger partial charge in [-0.3, -0.25) is 0 Å². The molecule has 72 valence electrons. The molecule has 13 heavy (non-hydrogen) atoms. The van der Waals surface area contributed by atoms with E-state index in [0.29, 0.717) is 18.9 Å². The highest BCUT2D eigenvalue weighted by Crippen LogP contribution is 1.92. The monoisotopic (exact) mass is 185 g/mol. The summed E-state index contributed by atoms with van der Waals surface area (Å²) in [6, 6.07) is -0.571. The number of amides is 2. The van der Waals surface area contributed by atoms with Gasteiger partial charge in [-0.05, 0) is 0 Å². The second-order valence-corrected chi connectivity index (χ2v) is 2.39. The van der Waals surface area contributed by atoms with Gasteiger partial charge >= 0.3 is 6.03 Å². The van der Waals surface area contributed by atoms with Crippen molar-refractivity contribution in [2.75, 3.05) is 6.54 Å². The van der Waals surface area contributed by atoms with Gasteiger partial charge in [0.2, 0.25) is 0 Å². The molecule has 1 aromatic heterocycles. The lowest BCUT2D eigenvalue weighted by atomic mass is 10.5. The Hall–Kier alpha value is -1.63. The summed E-state index contributed by atoms with van der Waals surface area (Å²) in [6.45, 7) is 0.711. The highest BCUT2D eigenvalue weighted by atomic mass is 16.3. The fourth-order valence-electron chi connectivity index (χ4n) is 0.888. The maximum absolute atomic E-state index is 10.3. The second-order valence-electron chi connectivity index (χ2n) is 2.39. The van der Waals surface area contributed by atoms with E-state index in [1.165, 1.54) is 6.33 Å². The first-order valence-electron chi connectivity index (χ1n) is 3.75. The van der Waals surface area contributed by atoms with Crippen LogP contribution >= 0.6 is 0 Å². The molecule has 0 saturated heterocycles. The normalized spacial score (nSPS) is 9.92. The van der Waals surface area contributed by atoms with Crippen LogP contribution in [0.15, 0.2) is 6.33 Å². The average molecular weight is 185 g/mol. The van der Waals surface area contributed by atoms with Crippen LogP contribution in [0, 0.1) is 0 Å². The number of hydrogen-bond donors (Lipinski definition) is 3. The molecule has 0 unspecified atom stereocenters. The van der Waals surface area contributed by atoms with Crippen LogP contribution in [0.2, 0.25) is 0 Å². The summed E-state index contributed by atoms with van der Waals surface area (Å²) < 4.78 is 1.63. The molecule has 0 aliphatic heterocycles. The molecule has 0 aromatic carbocycles. The minimum atomic E-state index is -0.571. The number of nitrogens with zero attached hydrogens (tertiary/aromatic N) is 3. The van der Waals surface area contributed by atoms with Gasteiger partial charge in [-0.15, -0.1) is 10.2 Å². The standard InChI is InChI=1S/C6H11N5O2/c7-6(13)8-1-2-11-4-9-10-5(11)3-12/h4,12H,1-3H2,(H3,7,8,13). The molecule has 0 saturated carbocycles. The number of aliphatic hydroxyl groups excluding tert-OH is 1. The largest absolute Gasteiger partial charge is 0.388 e. The minimum Gasteiger partial charge on any atom is -0.388 e. The van der Waals surface area contributed by atoms with Gasteiger partial charge in [0.05, 0.1) is 0 Å². The number of aliphatic hydroxyl groups is 1. The summed E-state index contributed by atoms with van der Waals surface area (Å²) >= 11 is 0. The van der Waals surface area contributed by atoms with Crippen molar-refractivity contribution in [2.24, 2.45) is 5.73 Å². The Bertz CT molecular complexity index is 284. The number of aromatic nitrogens is 3. The van der Waals surface area contributed by atoms with Crippen molar-refractivity contribution in [3.63, 3.8) is 0 Å². The predicted octanol–water partition coefficient (Wildman–Crippen LogP) is -1.56. The Morgan fingerprint density at radius 2 is 2.54 bits per heavy atom. The zero-order valence-corrected chi connectivity index (χ0v) is 6.97. The van der Waals surface area contributed by atoms with Gasteiger partial charge in [0.15, 0.2) is 5.82 Å². The number of rotatable bonds is 4. The van der Waals surface area contributed by atoms with Gasteiger partial charge in [0.25, 0.3) is 0 Å². The molecule has 7 heteroatoms. The number of carbonyl (C=O) groups is 1. The maximum Gasteiger partial charge on any atom is 0.312 e. The number of urea groups is 1. The summed E-state index contributed by atoms with van der Waals surface area (Å²) in [6.07, 6.45) is 1.48. The van der Waals surface area contributed by atoms with E-state index in [-0.39, 0.29) is 6.61 Å². The number of hydrogen-bond acceptors (Lipinski definition) is 4. The van der Waals surface area contributed by atoms with Crippen LogP contribution in [0.3, 0.4) is 0 Å². The first kappa shape index (κ1) is 9.46. The van der Waals surface area contributed by atoms with Crippen molar-refractivity contribution in [1.82, 2.24) is 20.1 Å². The minimum absolute atomic E-state index is 0.170. The van der Waals surface area contributed by atoms with Crippen LogP contribution in [-0.2, 0) is 13.2 Å². The van der Waals surface area contributed by atoms with Crippen LogP contribution in [0.4, 0.5) is 4.79 Å². The molecular weight excluding hydrogens is 174 g/mol. The van der Waals surface area contributed by atoms with Gasteiger partial charge in [0, 0.05) is 13.1 Å². The second kappa shape index (κ2) is 4.41. The van der Waals surface area contributed by atoms with E-state index in [9.17, 15) is 4.79 Å². The molecule has 2 amide bonds. The molecule has 0 bridgehead atoms. The highest BCUT2D eigenvalue weighted by Gasteiger charge is 2.01. The quantitative estimate of drug-likeness (QED) is 0.527. The van der Waals surface area contributed by atoms with Crippen LogP contribution in [-0.4, -0.2) is 32.4 Å². The molecule has 7 nitrogen and oxygen atoms in total. The summed E-state index contributed by atoms with van der Waals surface area (Å²) in [7, 11) is 0. The van der Waals surface area contributed by atoms with Gasteiger partial charge in [-0.25, -0.2) is 4.79 Å². The predicted molar refractivity (Wildman–Crippen MR) is 43.5 cm³/mol. The lowest BCUT2D eigenvalue weighted by Crippen LogP contribution is -2.32. The van der Waals surface area contributed by atoms with Crippen molar-refractivity contribution < 1.29 is 9.90 Å². The van der Waals surface area contributed by atoms with Gasteiger partial charge in [-0.2, -0.15) is 0 Å². The number of carbonyl (C=O) groups excluding carboxylic acids is 1. The van der Waals surface area contributed by atoms with E-state index in [1.54, 1.807) is 4.57 Å². The SMILES string of the molecule is NC(=O)NCCn1cnnc1CO. The van der Waals surface area contributed by atoms with Crippen LogP contribution in [0.25, 0.3) is 0 Å². The molecule has 0 spiro atoms. The van der Waals surface area contributed by atoms with Crippen molar-refractivity contribution in [3.05, 3.63) is 12.2 Å². The third-order valence-corrected chi connectivity index (χ3v) is 1.49. The van der Waals surface area contributed by atoms with E-state index in [2.05, 4.69) is 15.5 Å². The topological polar surface area (TPSA) is 106 Å². The molecule has 4 N–H and O–H groups in total. The fourth-order valence-corrected chi connectivity index (χ4v) is 0.888. The van der Waals surface area contributed by atoms with Crippen LogP contribution in [0.1, 0.15) is 5.82 Å². The molecule has 0 radical (unpaired) electrons. The average Bonchev–Trinajstić information content (AvgIpc) is 2.51. The molecule has 1 rings (SSSR count). The van der Waals surface area contributed by atoms with Crippen molar-refractivity contribution in [2.45, 2.75) is 13.2 Å². The summed E-state index contributed by atoms with van der Waals surface area (Å²) in [5, 5.41) is 18.4. The summed E-state index contributed by atoms with van der Waals surface area (Å²) in [4.78, 5) is 10.3. The van der Waals surface area contributed by atoms with E-state index in [0.717, 1.165) is 0 Å². The molecular formula is C6H11N5O2. The first-order valence-corrected chi connectivity index (χ1v) is 3.75. The van der Waals surface area contributed by atoms with Crippen molar-refractivity contribution in [1.29, 1.82) is 0 Å². The smallest absolute Gasteiger partial charge is 0.312 e. The van der Waals surface area contributed by atoms with Gasteiger partial charge < -0.3 is 20.7 Å². The Balaban J connectivity index is 2.40. The van der Waals surface area contributed by atoms with Crippen LogP contribution in [0.5, 0.6) is 0 Å². The van der Waals surface area contributed by atoms with Crippen molar-refractivity contribution >= 4 is 6.03 Å². The Morgan fingerprint density at radius 3 is 3.15 bits per heavy atom. The van der Waals surface area contributed by atoms with Crippen molar-refractivity contribution in [3.8, 4) is 0 Å². The Kier molecular flexibility index (Phi) is 3.21. The zero-order chi connectivity index (χ0) is 9.68. The number of nitrogens with two attached hydrogens (primary N) is 1. The number of primary amides is 1. The molecule has 1 aromatic rings.